The Morgan fingerprint density at radius 2 is 1.81 bits per heavy atom. The molecule has 1 aromatic carbocycles. The number of halogens is 6. The molecule has 1 aliphatic carbocycles. The van der Waals surface area contributed by atoms with Gasteiger partial charge < -0.3 is 10.8 Å². The highest BCUT2D eigenvalue weighted by molar-refractivity contribution is 7.89. The fraction of sp³-hybridized carbons (Fsp3) is 0.500. The first kappa shape index (κ1) is 31.4. The number of aliphatic carboxylic acids is 1. The van der Waals surface area contributed by atoms with Crippen molar-refractivity contribution in [2.24, 2.45) is 5.92 Å². The molecular weight excluding hydrogens is 596 g/mol. The smallest absolute Gasteiger partial charge is 0.475 e. The third-order valence-corrected chi connectivity index (χ3v) is 8.69. The summed E-state index contributed by atoms with van der Waals surface area (Å²) < 4.78 is 102. The molecule has 3 fully saturated rings. The maximum Gasteiger partial charge on any atom is 0.490 e. The number of carboxylic acid groups (broad SMARTS) is 1. The molecule has 2 bridgehead atoms. The van der Waals surface area contributed by atoms with E-state index in [1.807, 2.05) is 0 Å². The van der Waals surface area contributed by atoms with Crippen molar-refractivity contribution in [3.63, 3.8) is 0 Å². The zero-order chi connectivity index (χ0) is 31.4. The number of carbonyl (C=O) groups is 1. The van der Waals surface area contributed by atoms with Gasteiger partial charge in [-0.15, -0.1) is 5.10 Å². The second-order valence-corrected chi connectivity index (χ2v) is 12.3. The third-order valence-electron chi connectivity index (χ3n) is 7.12. The Balaban J connectivity index is 0.000000517. The van der Waals surface area contributed by atoms with Crippen molar-refractivity contribution in [3.05, 3.63) is 35.8 Å². The molecule has 0 atom stereocenters. The van der Waals surface area contributed by atoms with E-state index in [-0.39, 0.29) is 16.2 Å². The van der Waals surface area contributed by atoms with Crippen LogP contribution in [0.5, 0.6) is 0 Å². The molecule has 42 heavy (non-hydrogen) atoms. The number of nitrogens with zero attached hydrogens (tertiary/aromatic N) is 5. The van der Waals surface area contributed by atoms with Crippen LogP contribution < -0.4 is 10.5 Å². The molecule has 3 aromatic rings. The summed E-state index contributed by atoms with van der Waals surface area (Å²) in [6.45, 7) is 7.52. The number of carboxylic acids is 1. The summed E-state index contributed by atoms with van der Waals surface area (Å²) in [7, 11) is -3.90. The van der Waals surface area contributed by atoms with E-state index < -0.39 is 45.5 Å². The Morgan fingerprint density at radius 1 is 1.19 bits per heavy atom. The van der Waals surface area contributed by atoms with Crippen molar-refractivity contribution in [1.29, 1.82) is 0 Å². The second-order valence-electron chi connectivity index (χ2n) is 10.7. The van der Waals surface area contributed by atoms with Gasteiger partial charge in [0.1, 0.15) is 0 Å². The van der Waals surface area contributed by atoms with Gasteiger partial charge in [0.05, 0.1) is 16.8 Å². The normalized spacial score (nSPS) is 21.1. The summed E-state index contributed by atoms with van der Waals surface area (Å²) >= 11 is 0. The highest BCUT2D eigenvalue weighted by atomic mass is 32.2. The van der Waals surface area contributed by atoms with E-state index in [9.17, 15) is 34.8 Å². The maximum atomic E-state index is 13.4. The fourth-order valence-electron chi connectivity index (χ4n) is 5.19. The van der Waals surface area contributed by atoms with Gasteiger partial charge in [-0.3, -0.25) is 4.90 Å². The predicted octanol–water partition coefficient (Wildman–Crippen LogP) is 3.49. The van der Waals surface area contributed by atoms with E-state index in [2.05, 4.69) is 38.5 Å². The van der Waals surface area contributed by atoms with Gasteiger partial charge in [0.2, 0.25) is 10.0 Å². The number of benzene rings is 1. The van der Waals surface area contributed by atoms with E-state index in [1.54, 1.807) is 13.0 Å². The van der Waals surface area contributed by atoms with Crippen LogP contribution >= 0.6 is 0 Å². The number of aromatic nitrogens is 4. The SMILES string of the molecule is Cc1ccc(S(=O)(=O)NC23CC(CN(C(C)C)C2)C3)cc1-c1cnc2c(N)nc(C(F)(F)F)nn12.O=C(O)C(F)(F)F. The Hall–Kier alpha value is -3.51. The molecule has 18 heteroatoms. The van der Waals surface area contributed by atoms with Gasteiger partial charge in [0, 0.05) is 30.2 Å². The average molecular weight is 624 g/mol. The summed E-state index contributed by atoms with van der Waals surface area (Å²) in [5, 5.41) is 10.7. The molecular formula is C24H27F6N7O4S. The number of anilines is 1. The molecule has 4 N–H and O–H groups in total. The number of rotatable bonds is 5. The molecule has 3 aliphatic rings. The van der Waals surface area contributed by atoms with Crippen molar-refractivity contribution in [2.45, 2.75) is 62.4 Å². The number of fused-ring (bicyclic) bond motifs is 3. The van der Waals surface area contributed by atoms with Crippen LogP contribution in [0.4, 0.5) is 32.2 Å². The van der Waals surface area contributed by atoms with E-state index >= 15 is 0 Å². The van der Waals surface area contributed by atoms with E-state index in [0.717, 1.165) is 23.9 Å². The third kappa shape index (κ3) is 6.29. The second kappa shape index (κ2) is 10.6. The Bertz CT molecular complexity index is 1620. The van der Waals surface area contributed by atoms with Crippen LogP contribution in [0.1, 0.15) is 38.1 Å². The zero-order valence-electron chi connectivity index (χ0n) is 22.5. The van der Waals surface area contributed by atoms with Crippen LogP contribution in [0, 0.1) is 12.8 Å². The standard InChI is InChI=1S/C22H26F3N7O2S.C2HF3O2/c1-12(2)31-10-14-7-21(8-14,11-31)30-35(33,34)15-5-4-13(3)16(6-15)17-9-27-19-18(26)28-20(22(23,24)25)29-32(17)19;3-2(4,5)1(6)7/h4-6,9,12,14,30H,7-8,10-11H2,1-3H3,(H2,26,28,29);(H,6,7). The summed E-state index contributed by atoms with van der Waals surface area (Å²) in [4.78, 5) is 18.6. The molecule has 0 unspecified atom stereocenters. The van der Waals surface area contributed by atoms with Crippen LogP contribution in [-0.2, 0) is 21.0 Å². The Labute approximate surface area is 235 Å². The molecule has 0 radical (unpaired) electrons. The van der Waals surface area contributed by atoms with Gasteiger partial charge in [0.15, 0.2) is 11.5 Å². The van der Waals surface area contributed by atoms with E-state index in [4.69, 9.17) is 15.6 Å². The van der Waals surface area contributed by atoms with Crippen molar-refractivity contribution < 1.29 is 44.7 Å². The maximum absolute atomic E-state index is 13.4. The number of nitrogen functional groups attached to an aromatic ring is 1. The first-order valence-corrected chi connectivity index (χ1v) is 14.0. The van der Waals surface area contributed by atoms with Crippen LogP contribution in [0.25, 0.3) is 16.9 Å². The molecule has 2 saturated heterocycles. The van der Waals surface area contributed by atoms with Gasteiger partial charge >= 0.3 is 18.3 Å². The summed E-state index contributed by atoms with van der Waals surface area (Å²) in [6, 6.07) is 4.85. The molecule has 1 saturated carbocycles. The zero-order valence-corrected chi connectivity index (χ0v) is 23.3. The highest BCUT2D eigenvalue weighted by Crippen LogP contribution is 2.45. The Kier molecular flexibility index (Phi) is 7.96. The summed E-state index contributed by atoms with van der Waals surface area (Å²) in [5.41, 5.74) is 6.34. The van der Waals surface area contributed by atoms with Crippen LogP contribution in [0.2, 0.25) is 0 Å². The highest BCUT2D eigenvalue weighted by Gasteiger charge is 2.52. The first-order chi connectivity index (χ1) is 19.2. The van der Waals surface area contributed by atoms with Gasteiger partial charge in [-0.25, -0.2) is 32.4 Å². The lowest BCUT2D eigenvalue weighted by Crippen LogP contribution is -2.69. The summed E-state index contributed by atoms with van der Waals surface area (Å²) in [6.07, 6.45) is -7.00. The minimum Gasteiger partial charge on any atom is -0.475 e. The molecule has 6 rings (SSSR count). The molecule has 4 heterocycles. The fourth-order valence-corrected chi connectivity index (χ4v) is 6.63. The largest absolute Gasteiger partial charge is 0.490 e. The topological polar surface area (TPSA) is 156 Å². The van der Waals surface area contributed by atoms with E-state index in [1.165, 1.54) is 18.3 Å². The van der Waals surface area contributed by atoms with Gasteiger partial charge in [0.25, 0.3) is 5.82 Å². The lowest BCUT2D eigenvalue weighted by Gasteiger charge is -2.57. The molecule has 2 aliphatic heterocycles. The number of piperidine rings is 2. The predicted molar refractivity (Wildman–Crippen MR) is 137 cm³/mol. The van der Waals surface area contributed by atoms with Gasteiger partial charge in [-0.05, 0) is 57.2 Å². The number of nitrogens with two attached hydrogens (primary N) is 1. The van der Waals surface area contributed by atoms with Crippen molar-refractivity contribution >= 4 is 27.5 Å². The van der Waals surface area contributed by atoms with Crippen molar-refractivity contribution in [1.82, 2.24) is 29.2 Å². The molecule has 0 spiro atoms. The van der Waals surface area contributed by atoms with Crippen LogP contribution in [0.15, 0.2) is 29.3 Å². The summed E-state index contributed by atoms with van der Waals surface area (Å²) in [5.74, 6) is -4.12. The lowest BCUT2D eigenvalue weighted by molar-refractivity contribution is -0.192. The molecule has 230 valence electrons. The van der Waals surface area contributed by atoms with Crippen LogP contribution in [-0.4, -0.2) is 74.8 Å². The molecule has 0 amide bonds. The number of nitrogens with one attached hydrogen (secondary N) is 1. The first-order valence-electron chi connectivity index (χ1n) is 12.5. The molecule has 11 nitrogen and oxygen atoms in total. The molecule has 2 aromatic heterocycles. The Morgan fingerprint density at radius 3 is 2.36 bits per heavy atom. The van der Waals surface area contributed by atoms with Gasteiger partial charge in [-0.2, -0.15) is 26.3 Å². The van der Waals surface area contributed by atoms with Crippen LogP contribution in [0.3, 0.4) is 0 Å². The van der Waals surface area contributed by atoms with Gasteiger partial charge in [-0.1, -0.05) is 6.07 Å². The number of sulfonamides is 1. The number of hydrogen-bond donors (Lipinski definition) is 3. The number of imidazole rings is 1. The number of alkyl halides is 6. The lowest BCUT2D eigenvalue weighted by atomic mass is 9.65. The average Bonchev–Trinajstić information content (AvgIpc) is 3.27. The van der Waals surface area contributed by atoms with E-state index in [0.29, 0.717) is 29.6 Å². The van der Waals surface area contributed by atoms with Crippen molar-refractivity contribution in [2.75, 3.05) is 18.8 Å². The minimum absolute atomic E-state index is 0.0191. The number of hydrogen-bond acceptors (Lipinski definition) is 8. The minimum atomic E-state index is -5.08. The number of aryl methyl sites for hydroxylation is 1. The van der Waals surface area contributed by atoms with Crippen molar-refractivity contribution in [3.8, 4) is 11.3 Å². The quantitative estimate of drug-likeness (QED) is 0.362. The monoisotopic (exact) mass is 623 g/mol.